The van der Waals surface area contributed by atoms with Crippen molar-refractivity contribution < 1.29 is 52.2 Å². The molecule has 3 unspecified atom stereocenters. The lowest BCUT2D eigenvalue weighted by atomic mass is 10.0. The van der Waals surface area contributed by atoms with Gasteiger partial charge in [0.2, 0.25) is 0 Å². The third-order valence-electron chi connectivity index (χ3n) is 13.4. The first kappa shape index (κ1) is 70.0. The van der Waals surface area contributed by atoms with Gasteiger partial charge in [-0.25, -0.2) is 4.57 Å². The molecule has 0 radical (unpaired) electrons. The number of unbranched alkanes of at least 4 members (excludes halogenated alkanes) is 36. The summed E-state index contributed by atoms with van der Waals surface area (Å²) in [5, 5.41) is 9.82. The van der Waals surface area contributed by atoms with Crippen LogP contribution in [0.25, 0.3) is 0 Å². The molecule has 0 fully saturated rings. The van der Waals surface area contributed by atoms with Crippen molar-refractivity contribution in [1.29, 1.82) is 0 Å². The second-order valence-corrected chi connectivity index (χ2v) is 22.0. The Hall–Kier alpha value is -2.04. The molecular weight excluding hydrogens is 928 g/mol. The Bertz CT molecular complexity index is 1310. The van der Waals surface area contributed by atoms with E-state index in [4.69, 9.17) is 23.3 Å². The average Bonchev–Trinajstić information content (AvgIpc) is 3.37. The lowest BCUT2D eigenvalue weighted by Gasteiger charge is -2.21. The van der Waals surface area contributed by atoms with E-state index in [-0.39, 0.29) is 25.9 Å². The molecule has 0 heterocycles. The van der Waals surface area contributed by atoms with Gasteiger partial charge in [0, 0.05) is 19.3 Å². The number of phosphoric ester groups is 1. The average molecular weight is 1040 g/mol. The molecule has 0 aromatic carbocycles. The highest BCUT2D eigenvalue weighted by molar-refractivity contribution is 7.47. The van der Waals surface area contributed by atoms with Crippen molar-refractivity contribution in [2.75, 3.05) is 26.4 Å². The molecule has 0 aliphatic carbocycles. The Labute approximate surface area is 442 Å². The topological polar surface area (TPSA) is 155 Å². The summed E-state index contributed by atoms with van der Waals surface area (Å²) >= 11 is 0. The molecule has 11 nitrogen and oxygen atoms in total. The van der Waals surface area contributed by atoms with Crippen molar-refractivity contribution in [1.82, 2.24) is 0 Å². The van der Waals surface area contributed by atoms with Crippen LogP contribution in [0.5, 0.6) is 0 Å². The van der Waals surface area contributed by atoms with E-state index in [0.29, 0.717) is 19.3 Å². The number of aliphatic hydroxyl groups is 1. The Kier molecular flexibility index (Phi) is 53.6. The summed E-state index contributed by atoms with van der Waals surface area (Å²) < 4.78 is 39.6. The van der Waals surface area contributed by atoms with Crippen LogP contribution in [0.4, 0.5) is 0 Å². The molecule has 0 aromatic heterocycles. The van der Waals surface area contributed by atoms with Crippen molar-refractivity contribution >= 4 is 25.7 Å². The molecule has 2 N–H and O–H groups in total. The number of esters is 3. The van der Waals surface area contributed by atoms with E-state index in [1.54, 1.807) is 0 Å². The summed E-state index contributed by atoms with van der Waals surface area (Å²) in [4.78, 5) is 48.6. The highest BCUT2D eigenvalue weighted by Gasteiger charge is 2.28. The SMILES string of the molecule is CCCCC/C=C\C/C=C\CCCCCCCC(=O)OC(CO)COP(=O)(O)OCC(COC(=O)CCCCCCCCCCCCCCC)OC(=O)CCCCCCCCCCCCCCCCCCC. The minimum atomic E-state index is -4.74. The zero-order valence-electron chi connectivity index (χ0n) is 46.9. The summed E-state index contributed by atoms with van der Waals surface area (Å²) in [6, 6.07) is 0. The van der Waals surface area contributed by atoms with Gasteiger partial charge in [-0.05, 0) is 51.4 Å². The molecule has 0 aliphatic rings. The van der Waals surface area contributed by atoms with Crippen LogP contribution >= 0.6 is 7.82 Å². The molecule has 3 atom stereocenters. The third kappa shape index (κ3) is 52.8. The maximum Gasteiger partial charge on any atom is 0.472 e. The molecule has 72 heavy (non-hydrogen) atoms. The molecule has 0 amide bonds. The van der Waals surface area contributed by atoms with E-state index in [1.807, 2.05) is 0 Å². The zero-order chi connectivity index (χ0) is 52.7. The molecule has 0 bridgehead atoms. The monoisotopic (exact) mass is 1040 g/mol. The van der Waals surface area contributed by atoms with Crippen LogP contribution in [0.15, 0.2) is 24.3 Å². The Morgan fingerprint density at radius 1 is 0.389 bits per heavy atom. The maximum atomic E-state index is 12.9. The fourth-order valence-corrected chi connectivity index (χ4v) is 9.53. The molecule has 0 saturated heterocycles. The number of rotatable bonds is 57. The number of phosphoric acid groups is 1. The Morgan fingerprint density at radius 3 is 1.06 bits per heavy atom. The number of aliphatic hydroxyl groups excluding tert-OH is 1. The molecule has 0 aliphatic heterocycles. The summed E-state index contributed by atoms with van der Waals surface area (Å²) in [5.41, 5.74) is 0. The van der Waals surface area contributed by atoms with Crippen LogP contribution < -0.4 is 0 Å². The van der Waals surface area contributed by atoms with Crippen molar-refractivity contribution in [3.63, 3.8) is 0 Å². The van der Waals surface area contributed by atoms with Crippen molar-refractivity contribution in [3.05, 3.63) is 24.3 Å². The van der Waals surface area contributed by atoms with Crippen LogP contribution in [0, 0.1) is 0 Å². The minimum absolute atomic E-state index is 0.166. The second kappa shape index (κ2) is 55.2. The van der Waals surface area contributed by atoms with Crippen LogP contribution in [0.2, 0.25) is 0 Å². The standard InChI is InChI=1S/C60H113O11P/c1-4-7-10-13-16-19-22-25-27-28-30-33-36-39-42-45-48-51-60(64)71-57(53-67-58(62)49-46-43-40-37-34-31-24-21-18-15-12-9-6-3)55-69-72(65,66)68-54-56(52-61)70-59(63)50-47-44-41-38-35-32-29-26-23-20-17-14-11-8-5-2/h17,20,26,29,56-57,61H,4-16,18-19,21-25,27-28,30-55H2,1-3H3,(H,65,66)/b20-17-,29-26-. The summed E-state index contributed by atoms with van der Waals surface area (Å²) in [7, 11) is -4.74. The Morgan fingerprint density at radius 2 is 0.681 bits per heavy atom. The largest absolute Gasteiger partial charge is 0.472 e. The fourth-order valence-electron chi connectivity index (χ4n) is 8.74. The van der Waals surface area contributed by atoms with Crippen molar-refractivity contribution in [2.24, 2.45) is 0 Å². The van der Waals surface area contributed by atoms with Gasteiger partial charge in [-0.2, -0.15) is 0 Å². The molecule has 12 heteroatoms. The summed E-state index contributed by atoms with van der Waals surface area (Å²) in [5.74, 6) is -1.45. The van der Waals surface area contributed by atoms with E-state index < -0.39 is 57.8 Å². The van der Waals surface area contributed by atoms with E-state index in [9.17, 15) is 28.9 Å². The van der Waals surface area contributed by atoms with E-state index in [0.717, 1.165) is 83.5 Å². The van der Waals surface area contributed by atoms with Gasteiger partial charge in [0.1, 0.15) is 12.7 Å². The summed E-state index contributed by atoms with van der Waals surface area (Å²) in [6.45, 7) is 4.66. The summed E-state index contributed by atoms with van der Waals surface area (Å²) in [6.07, 6.45) is 55.5. The molecule has 424 valence electrons. The minimum Gasteiger partial charge on any atom is -0.462 e. The normalized spacial score (nSPS) is 13.5. The lowest BCUT2D eigenvalue weighted by Crippen LogP contribution is -2.30. The molecule has 0 rings (SSSR count). The zero-order valence-corrected chi connectivity index (χ0v) is 47.8. The number of hydrogen-bond acceptors (Lipinski definition) is 10. The fraction of sp³-hybridized carbons (Fsp3) is 0.883. The van der Waals surface area contributed by atoms with Gasteiger partial charge in [0.15, 0.2) is 6.10 Å². The van der Waals surface area contributed by atoms with Crippen LogP contribution in [0.1, 0.15) is 303 Å². The van der Waals surface area contributed by atoms with Crippen molar-refractivity contribution in [2.45, 2.75) is 315 Å². The Balaban J connectivity index is 4.67. The van der Waals surface area contributed by atoms with Gasteiger partial charge < -0.3 is 24.2 Å². The molecule has 0 aromatic rings. The highest BCUT2D eigenvalue weighted by atomic mass is 31.2. The number of ether oxygens (including phenoxy) is 3. The number of carbonyl (C=O) groups is 3. The predicted octanol–water partition coefficient (Wildman–Crippen LogP) is 17.8. The van der Waals surface area contributed by atoms with Crippen molar-refractivity contribution in [3.8, 4) is 0 Å². The number of allylic oxidation sites excluding steroid dienone is 4. The van der Waals surface area contributed by atoms with Crippen LogP contribution in [0.3, 0.4) is 0 Å². The van der Waals surface area contributed by atoms with E-state index in [2.05, 4.69) is 45.1 Å². The van der Waals surface area contributed by atoms with Gasteiger partial charge >= 0.3 is 25.7 Å². The first-order chi connectivity index (χ1) is 35.2. The van der Waals surface area contributed by atoms with E-state index >= 15 is 0 Å². The second-order valence-electron chi connectivity index (χ2n) is 20.5. The first-order valence-electron chi connectivity index (χ1n) is 30.2. The van der Waals surface area contributed by atoms with Crippen LogP contribution in [-0.2, 0) is 42.2 Å². The van der Waals surface area contributed by atoms with Gasteiger partial charge in [-0.1, -0.05) is 257 Å². The smallest absolute Gasteiger partial charge is 0.462 e. The molecular formula is C60H113O11P. The highest BCUT2D eigenvalue weighted by Crippen LogP contribution is 2.43. The third-order valence-corrected chi connectivity index (χ3v) is 14.3. The number of carbonyl (C=O) groups excluding carboxylic acids is 3. The van der Waals surface area contributed by atoms with Gasteiger partial charge in [0.05, 0.1) is 19.8 Å². The maximum absolute atomic E-state index is 12.9. The van der Waals surface area contributed by atoms with Crippen LogP contribution in [-0.4, -0.2) is 66.5 Å². The quantitative estimate of drug-likeness (QED) is 0.0197. The van der Waals surface area contributed by atoms with Gasteiger partial charge in [-0.15, -0.1) is 0 Å². The first-order valence-corrected chi connectivity index (χ1v) is 31.7. The van der Waals surface area contributed by atoms with Gasteiger partial charge in [0.25, 0.3) is 0 Å². The molecule has 0 spiro atoms. The predicted molar refractivity (Wildman–Crippen MR) is 298 cm³/mol. The molecule has 0 saturated carbocycles. The van der Waals surface area contributed by atoms with Gasteiger partial charge in [-0.3, -0.25) is 23.4 Å². The van der Waals surface area contributed by atoms with E-state index in [1.165, 1.54) is 161 Å². The number of hydrogen-bond donors (Lipinski definition) is 2. The lowest BCUT2D eigenvalue weighted by molar-refractivity contribution is -0.161.